The minimum Gasteiger partial charge on any atom is -0.456 e. The smallest absolute Gasteiger partial charge is 0.222 e. The Hall–Kier alpha value is -3.76. The van der Waals surface area contributed by atoms with Crippen LogP contribution in [0, 0.1) is 6.92 Å². The summed E-state index contributed by atoms with van der Waals surface area (Å²) in [5.41, 5.74) is 7.52. The Morgan fingerprint density at radius 1 is 0.816 bits per heavy atom. The monoisotopic (exact) mass is 523 g/mol. The predicted octanol–water partition coefficient (Wildman–Crippen LogP) is 7.96. The molecule has 5 rings (SSSR count). The second kappa shape index (κ2) is 10.5. The van der Waals surface area contributed by atoms with Crippen LogP contribution in [0.25, 0.3) is 0 Å². The maximum absolute atomic E-state index is 7.09. The predicted molar refractivity (Wildman–Crippen MR) is 161 cm³/mol. The Balaban J connectivity index is 1.80. The van der Waals surface area contributed by atoms with Gasteiger partial charge in [-0.25, -0.2) is 4.99 Å². The molecule has 1 unspecified atom stereocenters. The fourth-order valence-corrected chi connectivity index (χ4v) is 5.48. The number of benzene rings is 4. The highest BCUT2D eigenvalue weighted by molar-refractivity contribution is 6.30. The van der Waals surface area contributed by atoms with Gasteiger partial charge in [-0.05, 0) is 74.9 Å². The molecule has 0 aromatic heterocycles. The average molecular weight is 524 g/mol. The minimum atomic E-state index is -0.884. The van der Waals surface area contributed by atoms with Crippen LogP contribution in [0.5, 0.6) is 0 Å². The lowest BCUT2D eigenvalue weighted by molar-refractivity contribution is 0.137. The summed E-state index contributed by atoms with van der Waals surface area (Å²) in [5, 5.41) is 0.678. The molecule has 0 aliphatic carbocycles. The number of aryl methyl sites for hydroxylation is 1. The van der Waals surface area contributed by atoms with E-state index in [1.54, 1.807) is 0 Å². The van der Waals surface area contributed by atoms with Gasteiger partial charge in [0, 0.05) is 65.8 Å². The molecule has 4 aromatic carbocycles. The van der Waals surface area contributed by atoms with Crippen molar-refractivity contribution in [1.29, 1.82) is 0 Å². The Morgan fingerprint density at radius 2 is 1.45 bits per heavy atom. The Labute approximate surface area is 231 Å². The largest absolute Gasteiger partial charge is 0.456 e. The summed E-state index contributed by atoms with van der Waals surface area (Å²) >= 11 is 6.23. The molecule has 0 spiro atoms. The third kappa shape index (κ3) is 4.54. The number of anilines is 2. The van der Waals surface area contributed by atoms with Crippen LogP contribution in [-0.4, -0.2) is 33.1 Å². The van der Waals surface area contributed by atoms with Crippen molar-refractivity contribution in [2.75, 3.05) is 37.0 Å². The second-order valence-corrected chi connectivity index (χ2v) is 10.3. The fourth-order valence-electron chi connectivity index (χ4n) is 5.35. The van der Waals surface area contributed by atoms with Gasteiger partial charge in [-0.2, -0.15) is 0 Å². The van der Waals surface area contributed by atoms with Gasteiger partial charge in [-0.15, -0.1) is 0 Å². The summed E-state index contributed by atoms with van der Waals surface area (Å²) < 4.78 is 7.09. The molecule has 0 fully saturated rings. The second-order valence-electron chi connectivity index (χ2n) is 9.84. The van der Waals surface area contributed by atoms with Gasteiger partial charge in [0.15, 0.2) is 5.60 Å². The molecule has 0 saturated carbocycles. The van der Waals surface area contributed by atoms with Crippen molar-refractivity contribution in [3.63, 3.8) is 0 Å². The molecule has 38 heavy (non-hydrogen) atoms. The summed E-state index contributed by atoms with van der Waals surface area (Å²) in [7, 11) is 4.13. The number of ether oxygens (including phenoxy) is 1. The van der Waals surface area contributed by atoms with E-state index in [0.29, 0.717) is 10.9 Å². The summed E-state index contributed by atoms with van der Waals surface area (Å²) in [5.74, 6) is 0.569. The Kier molecular flexibility index (Phi) is 7.18. The lowest BCUT2D eigenvalue weighted by Crippen LogP contribution is -2.38. The van der Waals surface area contributed by atoms with Gasteiger partial charge in [0.05, 0.1) is 5.69 Å². The molecule has 1 aliphatic rings. The first-order valence-corrected chi connectivity index (χ1v) is 13.5. The first-order valence-electron chi connectivity index (χ1n) is 13.1. The summed E-state index contributed by atoms with van der Waals surface area (Å²) in [6, 6.07) is 31.3. The highest BCUT2D eigenvalue weighted by atomic mass is 35.5. The van der Waals surface area contributed by atoms with Crippen LogP contribution >= 0.6 is 11.6 Å². The van der Waals surface area contributed by atoms with Crippen molar-refractivity contribution in [3.8, 4) is 0 Å². The van der Waals surface area contributed by atoms with Gasteiger partial charge in [0.1, 0.15) is 0 Å². The zero-order chi connectivity index (χ0) is 26.9. The van der Waals surface area contributed by atoms with Crippen molar-refractivity contribution in [3.05, 3.63) is 124 Å². The maximum atomic E-state index is 7.09. The zero-order valence-corrected chi connectivity index (χ0v) is 23.5. The number of halogens is 1. The topological polar surface area (TPSA) is 28.1 Å². The van der Waals surface area contributed by atoms with Gasteiger partial charge < -0.3 is 14.5 Å². The lowest BCUT2D eigenvalue weighted by atomic mass is 9.77. The molecular formula is C33H34ClN3O. The first kappa shape index (κ1) is 25.9. The molecule has 1 atom stereocenters. The number of aliphatic imine (C=N–C) groups is 1. The van der Waals surface area contributed by atoms with Crippen molar-refractivity contribution < 1.29 is 4.74 Å². The summed E-state index contributed by atoms with van der Waals surface area (Å²) in [6.45, 7) is 8.43. The van der Waals surface area contributed by atoms with E-state index in [4.69, 9.17) is 21.3 Å². The third-order valence-corrected chi connectivity index (χ3v) is 7.57. The standard InChI is InChI=1S/C33H34ClN3O/c1-6-37(7-2)28-19-15-26(16-20-28)33(25-11-9-8-10-12-25)29-21-23(3)31(36(4)5)22-30(29)35-32(38-33)24-13-17-27(34)18-14-24/h8-22H,6-7H2,1-5H3. The molecule has 1 aliphatic heterocycles. The molecular weight excluding hydrogens is 490 g/mol. The minimum absolute atomic E-state index is 0.569. The van der Waals surface area contributed by atoms with Crippen LogP contribution in [0.3, 0.4) is 0 Å². The molecule has 194 valence electrons. The molecule has 0 bridgehead atoms. The highest BCUT2D eigenvalue weighted by Crippen LogP contribution is 2.49. The molecule has 0 radical (unpaired) electrons. The maximum Gasteiger partial charge on any atom is 0.222 e. The molecule has 4 aromatic rings. The van der Waals surface area contributed by atoms with Gasteiger partial charge in [-0.1, -0.05) is 54.1 Å². The summed E-state index contributed by atoms with van der Waals surface area (Å²) in [6.07, 6.45) is 0. The van der Waals surface area contributed by atoms with Crippen LogP contribution in [0.2, 0.25) is 5.02 Å². The van der Waals surface area contributed by atoms with E-state index in [1.807, 2.05) is 30.3 Å². The average Bonchev–Trinajstić information content (AvgIpc) is 2.94. The van der Waals surface area contributed by atoms with Gasteiger partial charge in [0.2, 0.25) is 5.90 Å². The highest BCUT2D eigenvalue weighted by Gasteiger charge is 2.44. The number of hydrogen-bond acceptors (Lipinski definition) is 4. The zero-order valence-electron chi connectivity index (χ0n) is 22.7. The van der Waals surface area contributed by atoms with Crippen molar-refractivity contribution in [2.24, 2.45) is 4.99 Å². The molecule has 0 saturated heterocycles. The summed E-state index contributed by atoms with van der Waals surface area (Å²) in [4.78, 5) is 9.55. The van der Waals surface area contributed by atoms with Crippen LogP contribution in [0.4, 0.5) is 17.1 Å². The SMILES string of the molecule is CCN(CC)c1ccc(C2(c3ccccc3)OC(c3ccc(Cl)cc3)=Nc3cc(N(C)C)c(C)cc32)cc1. The Bertz CT molecular complexity index is 1440. The molecule has 1 heterocycles. The van der Waals surface area contributed by atoms with Crippen LogP contribution < -0.4 is 9.80 Å². The number of rotatable bonds is 7. The number of hydrogen-bond donors (Lipinski definition) is 0. The van der Waals surface area contributed by atoms with E-state index in [0.717, 1.165) is 46.7 Å². The van der Waals surface area contributed by atoms with Crippen molar-refractivity contribution in [1.82, 2.24) is 0 Å². The number of fused-ring (bicyclic) bond motifs is 1. The van der Waals surface area contributed by atoms with Crippen molar-refractivity contribution >= 4 is 34.6 Å². The molecule has 5 heteroatoms. The third-order valence-electron chi connectivity index (χ3n) is 7.32. The Morgan fingerprint density at radius 3 is 2.05 bits per heavy atom. The van der Waals surface area contributed by atoms with E-state index < -0.39 is 5.60 Å². The molecule has 0 N–H and O–H groups in total. The number of nitrogens with zero attached hydrogens (tertiary/aromatic N) is 3. The van der Waals surface area contributed by atoms with E-state index in [1.165, 1.54) is 11.3 Å². The van der Waals surface area contributed by atoms with Gasteiger partial charge in [0.25, 0.3) is 0 Å². The van der Waals surface area contributed by atoms with Crippen molar-refractivity contribution in [2.45, 2.75) is 26.4 Å². The normalized spacial score (nSPS) is 16.3. The first-order chi connectivity index (χ1) is 18.4. The van der Waals surface area contributed by atoms with E-state index in [9.17, 15) is 0 Å². The van der Waals surface area contributed by atoms with Crippen LogP contribution in [0.15, 0.2) is 96.0 Å². The fraction of sp³-hybridized carbons (Fsp3) is 0.242. The van der Waals surface area contributed by atoms with Crippen LogP contribution in [-0.2, 0) is 10.3 Å². The van der Waals surface area contributed by atoms with E-state index >= 15 is 0 Å². The molecule has 4 nitrogen and oxygen atoms in total. The quantitative estimate of drug-likeness (QED) is 0.246. The van der Waals surface area contributed by atoms with Crippen LogP contribution in [0.1, 0.15) is 41.7 Å². The van der Waals surface area contributed by atoms with Gasteiger partial charge in [-0.3, -0.25) is 0 Å². The van der Waals surface area contributed by atoms with E-state index in [-0.39, 0.29) is 0 Å². The van der Waals surface area contributed by atoms with Gasteiger partial charge >= 0.3 is 0 Å². The van der Waals surface area contributed by atoms with E-state index in [2.05, 4.69) is 105 Å². The molecule has 0 amide bonds. The lowest BCUT2D eigenvalue weighted by Gasteiger charge is -2.40.